The Balaban J connectivity index is 1.79. The van der Waals surface area contributed by atoms with E-state index in [0.717, 1.165) is 36.3 Å². The van der Waals surface area contributed by atoms with Crippen molar-refractivity contribution in [3.63, 3.8) is 0 Å². The van der Waals surface area contributed by atoms with Crippen LogP contribution in [0.1, 0.15) is 25.5 Å². The predicted octanol–water partition coefficient (Wildman–Crippen LogP) is 6.49. The summed E-state index contributed by atoms with van der Waals surface area (Å²) >= 11 is 12.1. The van der Waals surface area contributed by atoms with Crippen molar-refractivity contribution in [2.75, 3.05) is 0 Å². The summed E-state index contributed by atoms with van der Waals surface area (Å²) in [7, 11) is 0. The van der Waals surface area contributed by atoms with Gasteiger partial charge in [-0.05, 0) is 36.8 Å². The maximum absolute atomic E-state index is 9.87. The van der Waals surface area contributed by atoms with E-state index in [0.29, 0.717) is 15.8 Å². The van der Waals surface area contributed by atoms with Crippen LogP contribution in [0.15, 0.2) is 47.0 Å². The van der Waals surface area contributed by atoms with E-state index in [1.807, 2.05) is 12.1 Å². The molecule has 0 saturated heterocycles. The fraction of sp³-hybridized carbons (Fsp3) is 0.211. The second-order valence-electron chi connectivity index (χ2n) is 5.64. The van der Waals surface area contributed by atoms with Crippen molar-refractivity contribution in [1.82, 2.24) is 5.16 Å². The largest absolute Gasteiger partial charge is 0.504 e. The van der Waals surface area contributed by atoms with Gasteiger partial charge in [0.1, 0.15) is 17.2 Å². The van der Waals surface area contributed by atoms with Gasteiger partial charge in [0.2, 0.25) is 0 Å². The highest BCUT2D eigenvalue weighted by Gasteiger charge is 2.12. The quantitative estimate of drug-likeness (QED) is 0.533. The van der Waals surface area contributed by atoms with Crippen LogP contribution in [0.5, 0.6) is 17.2 Å². The Morgan fingerprint density at radius 1 is 1.08 bits per heavy atom. The van der Waals surface area contributed by atoms with E-state index < -0.39 is 0 Å². The van der Waals surface area contributed by atoms with Crippen LogP contribution < -0.4 is 4.74 Å². The smallest absolute Gasteiger partial charge is 0.169 e. The molecule has 0 amide bonds. The number of phenols is 1. The Bertz CT molecular complexity index is 877. The normalized spacial score (nSPS) is 10.8. The van der Waals surface area contributed by atoms with Gasteiger partial charge in [-0.1, -0.05) is 41.7 Å². The Labute approximate surface area is 155 Å². The number of halogens is 2. The molecule has 2 aromatic carbocycles. The number of rotatable bonds is 6. The first-order valence-corrected chi connectivity index (χ1v) is 8.74. The SMILES string of the molecule is CCCCc1cc(-c2ccc(Oc3ccc(Cl)cc3O)c(Cl)c2)no1. The monoisotopic (exact) mass is 377 g/mol. The summed E-state index contributed by atoms with van der Waals surface area (Å²) in [4.78, 5) is 0. The summed E-state index contributed by atoms with van der Waals surface area (Å²) in [5, 5.41) is 14.8. The lowest BCUT2D eigenvalue weighted by atomic mass is 10.1. The van der Waals surface area contributed by atoms with Crippen LogP contribution >= 0.6 is 23.2 Å². The summed E-state index contributed by atoms with van der Waals surface area (Å²) in [5.74, 6) is 1.52. The van der Waals surface area contributed by atoms with E-state index in [1.165, 1.54) is 6.07 Å². The maximum Gasteiger partial charge on any atom is 0.169 e. The molecule has 0 aliphatic rings. The number of benzene rings is 2. The fourth-order valence-electron chi connectivity index (χ4n) is 2.36. The van der Waals surface area contributed by atoms with Crippen molar-refractivity contribution in [1.29, 1.82) is 0 Å². The molecular weight excluding hydrogens is 361 g/mol. The van der Waals surface area contributed by atoms with Gasteiger partial charge in [-0.25, -0.2) is 0 Å². The van der Waals surface area contributed by atoms with E-state index in [1.54, 1.807) is 24.3 Å². The lowest BCUT2D eigenvalue weighted by Gasteiger charge is -2.10. The van der Waals surface area contributed by atoms with Crippen molar-refractivity contribution in [3.8, 4) is 28.5 Å². The average molecular weight is 378 g/mol. The van der Waals surface area contributed by atoms with Gasteiger partial charge in [0, 0.05) is 29.1 Å². The van der Waals surface area contributed by atoms with E-state index >= 15 is 0 Å². The number of aromatic nitrogens is 1. The molecule has 0 radical (unpaired) electrons. The highest BCUT2D eigenvalue weighted by Crippen LogP contribution is 2.37. The number of hydrogen-bond acceptors (Lipinski definition) is 4. The number of unbranched alkanes of at least 4 members (excludes halogenated alkanes) is 1. The highest BCUT2D eigenvalue weighted by atomic mass is 35.5. The Morgan fingerprint density at radius 2 is 1.88 bits per heavy atom. The Hall–Kier alpha value is -2.17. The van der Waals surface area contributed by atoms with E-state index in [2.05, 4.69) is 12.1 Å². The van der Waals surface area contributed by atoms with Crippen LogP contribution in [0.4, 0.5) is 0 Å². The molecule has 0 spiro atoms. The van der Waals surface area contributed by atoms with Crippen molar-refractivity contribution >= 4 is 23.2 Å². The molecule has 3 rings (SSSR count). The van der Waals surface area contributed by atoms with Gasteiger partial charge < -0.3 is 14.4 Å². The minimum absolute atomic E-state index is 0.0512. The molecule has 6 heteroatoms. The molecule has 1 aromatic heterocycles. The van der Waals surface area contributed by atoms with Crippen LogP contribution in [0.3, 0.4) is 0 Å². The first-order chi connectivity index (χ1) is 12.1. The molecule has 0 saturated carbocycles. The lowest BCUT2D eigenvalue weighted by Crippen LogP contribution is -1.87. The van der Waals surface area contributed by atoms with Crippen LogP contribution in [0.2, 0.25) is 10.0 Å². The van der Waals surface area contributed by atoms with Gasteiger partial charge in [0.25, 0.3) is 0 Å². The van der Waals surface area contributed by atoms with Crippen molar-refractivity contribution in [2.45, 2.75) is 26.2 Å². The van der Waals surface area contributed by atoms with Gasteiger partial charge in [0.05, 0.1) is 5.02 Å². The van der Waals surface area contributed by atoms with Gasteiger partial charge in [-0.2, -0.15) is 0 Å². The minimum atomic E-state index is -0.0512. The molecule has 25 heavy (non-hydrogen) atoms. The van der Waals surface area contributed by atoms with E-state index in [-0.39, 0.29) is 11.5 Å². The van der Waals surface area contributed by atoms with E-state index in [4.69, 9.17) is 32.5 Å². The molecular formula is C19H17Cl2NO3. The summed E-state index contributed by atoms with van der Waals surface area (Å²) in [5.41, 5.74) is 1.57. The number of nitrogens with zero attached hydrogens (tertiary/aromatic N) is 1. The zero-order valence-electron chi connectivity index (χ0n) is 13.6. The van der Waals surface area contributed by atoms with Crippen molar-refractivity contribution in [2.24, 2.45) is 0 Å². The third-order valence-electron chi connectivity index (χ3n) is 3.70. The molecule has 0 atom stereocenters. The number of aryl methyl sites for hydroxylation is 1. The van der Waals surface area contributed by atoms with Gasteiger partial charge in [-0.3, -0.25) is 0 Å². The van der Waals surface area contributed by atoms with Crippen molar-refractivity contribution in [3.05, 3.63) is 58.3 Å². The second-order valence-corrected chi connectivity index (χ2v) is 6.48. The summed E-state index contributed by atoms with van der Waals surface area (Å²) in [6.07, 6.45) is 3.03. The van der Waals surface area contributed by atoms with Crippen LogP contribution in [-0.2, 0) is 6.42 Å². The van der Waals surface area contributed by atoms with Crippen LogP contribution in [-0.4, -0.2) is 10.3 Å². The molecule has 1 heterocycles. The Morgan fingerprint density at radius 3 is 2.60 bits per heavy atom. The number of ether oxygens (including phenoxy) is 1. The summed E-state index contributed by atoms with van der Waals surface area (Å²) in [6.45, 7) is 2.13. The highest BCUT2D eigenvalue weighted by molar-refractivity contribution is 6.32. The molecule has 4 nitrogen and oxygen atoms in total. The molecule has 3 aromatic rings. The van der Waals surface area contributed by atoms with Crippen molar-refractivity contribution < 1.29 is 14.4 Å². The number of phenolic OH excluding ortho intramolecular Hbond substituents is 1. The number of aromatic hydroxyl groups is 1. The molecule has 0 fully saturated rings. The van der Waals surface area contributed by atoms with Gasteiger partial charge >= 0.3 is 0 Å². The first-order valence-electron chi connectivity index (χ1n) is 7.98. The molecule has 0 aliphatic heterocycles. The molecule has 130 valence electrons. The lowest BCUT2D eigenvalue weighted by molar-refractivity contribution is 0.382. The predicted molar refractivity (Wildman–Crippen MR) is 98.8 cm³/mol. The summed E-state index contributed by atoms with van der Waals surface area (Å²) in [6, 6.07) is 11.9. The maximum atomic E-state index is 9.87. The second kappa shape index (κ2) is 7.81. The standard InChI is InChI=1S/C19H17Cl2NO3/c1-2-3-4-14-11-16(22-25-14)12-5-7-18(15(21)9-12)24-19-8-6-13(20)10-17(19)23/h5-11,23H,2-4H2,1H3. The number of hydrogen-bond donors (Lipinski definition) is 1. The Kier molecular flexibility index (Phi) is 5.51. The molecule has 0 aliphatic carbocycles. The van der Waals surface area contributed by atoms with Gasteiger partial charge in [-0.15, -0.1) is 0 Å². The van der Waals surface area contributed by atoms with E-state index in [9.17, 15) is 5.11 Å². The zero-order chi connectivity index (χ0) is 17.8. The first kappa shape index (κ1) is 17.6. The van der Waals surface area contributed by atoms with Gasteiger partial charge in [0.15, 0.2) is 11.5 Å². The third-order valence-corrected chi connectivity index (χ3v) is 4.23. The minimum Gasteiger partial charge on any atom is -0.504 e. The van der Waals surface area contributed by atoms with Crippen LogP contribution in [0, 0.1) is 0 Å². The van der Waals surface area contributed by atoms with Crippen LogP contribution in [0.25, 0.3) is 11.3 Å². The summed E-state index contributed by atoms with van der Waals surface area (Å²) < 4.78 is 11.0. The molecule has 0 bridgehead atoms. The third kappa shape index (κ3) is 4.27. The molecule has 1 N–H and O–H groups in total. The zero-order valence-corrected chi connectivity index (χ0v) is 15.1. The fourth-order valence-corrected chi connectivity index (χ4v) is 2.74. The topological polar surface area (TPSA) is 55.5 Å². The molecule has 0 unspecified atom stereocenters. The average Bonchev–Trinajstić information content (AvgIpc) is 3.06.